The molecule has 1 aromatic heterocycles. The molecule has 0 radical (unpaired) electrons. The van der Waals surface area contributed by atoms with Gasteiger partial charge in [-0.05, 0) is 50.1 Å². The fraction of sp³-hybridized carbons (Fsp3) is 0.318. The minimum absolute atomic E-state index is 0.0799. The Bertz CT molecular complexity index is 1070. The van der Waals surface area contributed by atoms with Gasteiger partial charge in [0.15, 0.2) is 17.2 Å². The lowest BCUT2D eigenvalue weighted by Gasteiger charge is -2.12. The van der Waals surface area contributed by atoms with Crippen LogP contribution in [-0.2, 0) is 12.6 Å². The summed E-state index contributed by atoms with van der Waals surface area (Å²) in [5, 5.41) is 10.1. The van der Waals surface area contributed by atoms with Crippen LogP contribution in [0.3, 0.4) is 0 Å². The topological polar surface area (TPSA) is 78.3 Å². The summed E-state index contributed by atoms with van der Waals surface area (Å²) in [7, 11) is 0. The highest BCUT2D eigenvalue weighted by Crippen LogP contribution is 2.33. The molecule has 0 spiro atoms. The zero-order valence-corrected chi connectivity index (χ0v) is 17.6. The lowest BCUT2D eigenvalue weighted by Crippen LogP contribution is -2.26. The molecule has 1 N–H and O–H groups in total. The maximum absolute atomic E-state index is 13.2. The van der Waals surface area contributed by atoms with Gasteiger partial charge in [0.25, 0.3) is 5.91 Å². The quantitative estimate of drug-likeness (QED) is 0.534. The Labute approximate surface area is 183 Å². The molecule has 0 aliphatic rings. The van der Waals surface area contributed by atoms with Gasteiger partial charge in [-0.1, -0.05) is 23.4 Å². The summed E-state index contributed by atoms with van der Waals surface area (Å²) in [6, 6.07) is 10.5. The average Bonchev–Trinajstić information content (AvgIpc) is 3.25. The molecule has 0 unspecified atom stereocenters. The number of amides is 1. The van der Waals surface area contributed by atoms with Gasteiger partial charge in [-0.25, -0.2) is 4.68 Å². The molecule has 32 heavy (non-hydrogen) atoms. The van der Waals surface area contributed by atoms with Crippen molar-refractivity contribution in [1.29, 1.82) is 0 Å². The molecule has 0 bridgehead atoms. The molecule has 3 aromatic rings. The van der Waals surface area contributed by atoms with Crippen LogP contribution in [0, 0.1) is 0 Å². The lowest BCUT2D eigenvalue weighted by molar-refractivity contribution is -0.137. The molecule has 0 atom stereocenters. The average molecular weight is 448 g/mol. The first kappa shape index (κ1) is 23.1. The number of halogens is 3. The van der Waals surface area contributed by atoms with Crippen molar-refractivity contribution in [3.05, 3.63) is 65.5 Å². The van der Waals surface area contributed by atoms with Gasteiger partial charge in [0.2, 0.25) is 0 Å². The molecule has 7 nitrogen and oxygen atoms in total. The fourth-order valence-electron chi connectivity index (χ4n) is 3.06. The molecule has 170 valence electrons. The second-order valence-electron chi connectivity index (χ2n) is 6.72. The van der Waals surface area contributed by atoms with E-state index in [0.29, 0.717) is 37.7 Å². The van der Waals surface area contributed by atoms with Gasteiger partial charge >= 0.3 is 6.18 Å². The summed E-state index contributed by atoms with van der Waals surface area (Å²) in [4.78, 5) is 12.4. The Morgan fingerprint density at radius 3 is 2.50 bits per heavy atom. The maximum atomic E-state index is 13.2. The van der Waals surface area contributed by atoms with Crippen LogP contribution >= 0.6 is 0 Å². The molecule has 0 saturated carbocycles. The van der Waals surface area contributed by atoms with E-state index in [4.69, 9.17) is 9.47 Å². The maximum Gasteiger partial charge on any atom is 0.418 e. The zero-order chi connectivity index (χ0) is 23.1. The number of hydrogen-bond acceptors (Lipinski definition) is 5. The molecular formula is C22H23F3N4O3. The van der Waals surface area contributed by atoms with Gasteiger partial charge in [-0.2, -0.15) is 13.2 Å². The summed E-state index contributed by atoms with van der Waals surface area (Å²) in [5.41, 5.74) is -0.217. The van der Waals surface area contributed by atoms with Crippen LogP contribution < -0.4 is 14.8 Å². The summed E-state index contributed by atoms with van der Waals surface area (Å²) in [6.45, 7) is 5.07. The van der Waals surface area contributed by atoms with E-state index >= 15 is 0 Å². The minimum atomic E-state index is -4.55. The first-order valence-electron chi connectivity index (χ1n) is 10.1. The second kappa shape index (κ2) is 10.2. The third kappa shape index (κ3) is 5.57. The Morgan fingerprint density at radius 2 is 1.78 bits per heavy atom. The number of carbonyl (C=O) groups is 1. The first-order chi connectivity index (χ1) is 15.3. The van der Waals surface area contributed by atoms with Gasteiger partial charge in [0, 0.05) is 6.54 Å². The SMILES string of the molecule is CCOc1ccc(CCNC(=O)c2cn(-c3ccccc3C(F)(F)F)nn2)cc1OCC. The Morgan fingerprint density at radius 1 is 1.06 bits per heavy atom. The molecule has 0 saturated heterocycles. The van der Waals surface area contributed by atoms with E-state index in [1.165, 1.54) is 24.4 Å². The summed E-state index contributed by atoms with van der Waals surface area (Å²) >= 11 is 0. The molecule has 1 amide bonds. The standard InChI is InChI=1S/C22H23F3N4O3/c1-3-31-19-10-9-15(13-20(19)32-4-2)11-12-26-21(30)17-14-29(28-27-17)18-8-6-5-7-16(18)22(23,24)25/h5-10,13-14H,3-4,11-12H2,1-2H3,(H,26,30). The number of hydrogen-bond donors (Lipinski definition) is 1. The summed E-state index contributed by atoms with van der Waals surface area (Å²) in [5.74, 6) is 0.749. The van der Waals surface area contributed by atoms with Gasteiger partial charge in [-0.15, -0.1) is 5.10 Å². The molecule has 0 fully saturated rings. The van der Waals surface area contributed by atoms with E-state index in [1.54, 1.807) is 0 Å². The number of rotatable bonds is 9. The highest BCUT2D eigenvalue weighted by Gasteiger charge is 2.34. The number of benzene rings is 2. The van der Waals surface area contributed by atoms with Crippen LogP contribution in [0.5, 0.6) is 11.5 Å². The van der Waals surface area contributed by atoms with Crippen molar-refractivity contribution < 1.29 is 27.4 Å². The number of nitrogens with zero attached hydrogens (tertiary/aromatic N) is 3. The van der Waals surface area contributed by atoms with E-state index in [0.717, 1.165) is 16.3 Å². The zero-order valence-electron chi connectivity index (χ0n) is 17.6. The van der Waals surface area contributed by atoms with Gasteiger partial charge in [0.1, 0.15) is 0 Å². The number of alkyl halides is 3. The highest BCUT2D eigenvalue weighted by molar-refractivity contribution is 5.91. The molecule has 0 aliphatic heterocycles. The number of aromatic nitrogens is 3. The fourth-order valence-corrected chi connectivity index (χ4v) is 3.06. The van der Waals surface area contributed by atoms with Gasteiger partial charge in [-0.3, -0.25) is 4.79 Å². The van der Waals surface area contributed by atoms with Crippen molar-refractivity contribution in [3.8, 4) is 17.2 Å². The molecular weight excluding hydrogens is 425 g/mol. The van der Waals surface area contributed by atoms with Crippen LogP contribution in [0.15, 0.2) is 48.7 Å². The third-order valence-corrected chi connectivity index (χ3v) is 4.49. The normalized spacial score (nSPS) is 11.3. The molecule has 1 heterocycles. The van der Waals surface area contributed by atoms with Crippen molar-refractivity contribution >= 4 is 5.91 Å². The largest absolute Gasteiger partial charge is 0.490 e. The van der Waals surface area contributed by atoms with Gasteiger partial charge < -0.3 is 14.8 Å². The van der Waals surface area contributed by atoms with Crippen LogP contribution in [-0.4, -0.2) is 40.7 Å². The van der Waals surface area contributed by atoms with Crippen LogP contribution in [0.25, 0.3) is 5.69 Å². The van der Waals surface area contributed by atoms with Crippen LogP contribution in [0.2, 0.25) is 0 Å². The smallest absolute Gasteiger partial charge is 0.418 e. The summed E-state index contributed by atoms with van der Waals surface area (Å²) < 4.78 is 51.7. The Kier molecular flexibility index (Phi) is 7.34. The molecule has 3 rings (SSSR count). The van der Waals surface area contributed by atoms with E-state index in [1.807, 2.05) is 32.0 Å². The predicted molar refractivity (Wildman–Crippen MR) is 111 cm³/mol. The van der Waals surface area contributed by atoms with Crippen molar-refractivity contribution in [2.75, 3.05) is 19.8 Å². The number of ether oxygens (including phenoxy) is 2. The predicted octanol–water partition coefficient (Wildman–Crippen LogP) is 4.06. The van der Waals surface area contributed by atoms with E-state index < -0.39 is 17.6 Å². The lowest BCUT2D eigenvalue weighted by atomic mass is 10.1. The second-order valence-corrected chi connectivity index (χ2v) is 6.72. The molecule has 2 aromatic carbocycles. The Balaban J connectivity index is 1.64. The number of nitrogens with one attached hydrogen (secondary N) is 1. The minimum Gasteiger partial charge on any atom is -0.490 e. The van der Waals surface area contributed by atoms with Crippen molar-refractivity contribution in [2.24, 2.45) is 0 Å². The first-order valence-corrected chi connectivity index (χ1v) is 10.1. The van der Waals surface area contributed by atoms with Crippen LogP contribution in [0.4, 0.5) is 13.2 Å². The summed E-state index contributed by atoms with van der Waals surface area (Å²) in [6.07, 6.45) is -2.86. The monoisotopic (exact) mass is 448 g/mol. The molecule has 0 aliphatic carbocycles. The van der Waals surface area contributed by atoms with Gasteiger partial charge in [0.05, 0.1) is 30.7 Å². The van der Waals surface area contributed by atoms with Crippen LogP contribution in [0.1, 0.15) is 35.5 Å². The Hall–Kier alpha value is -3.56. The number of para-hydroxylation sites is 1. The van der Waals surface area contributed by atoms with Crippen molar-refractivity contribution in [1.82, 2.24) is 20.3 Å². The van der Waals surface area contributed by atoms with Crippen molar-refractivity contribution in [2.45, 2.75) is 26.4 Å². The van der Waals surface area contributed by atoms with E-state index in [-0.39, 0.29) is 11.4 Å². The third-order valence-electron chi connectivity index (χ3n) is 4.49. The van der Waals surface area contributed by atoms with E-state index in [2.05, 4.69) is 15.6 Å². The number of carbonyl (C=O) groups excluding carboxylic acids is 1. The highest BCUT2D eigenvalue weighted by atomic mass is 19.4. The van der Waals surface area contributed by atoms with Crippen molar-refractivity contribution in [3.63, 3.8) is 0 Å². The van der Waals surface area contributed by atoms with E-state index in [9.17, 15) is 18.0 Å². The molecule has 10 heteroatoms.